The van der Waals surface area contributed by atoms with Crippen molar-refractivity contribution in [1.29, 1.82) is 0 Å². The van der Waals surface area contributed by atoms with Crippen molar-refractivity contribution in [3.8, 4) is 11.5 Å². The molecule has 1 aliphatic rings. The van der Waals surface area contributed by atoms with E-state index in [4.69, 9.17) is 13.9 Å². The lowest BCUT2D eigenvalue weighted by Gasteiger charge is -2.15. The van der Waals surface area contributed by atoms with Crippen LogP contribution in [0.3, 0.4) is 0 Å². The predicted molar refractivity (Wildman–Crippen MR) is 77.3 cm³/mol. The van der Waals surface area contributed by atoms with Crippen molar-refractivity contribution in [3.05, 3.63) is 45.8 Å². The number of fused-ring (bicyclic) bond motifs is 1. The molecule has 0 bridgehead atoms. The monoisotopic (exact) mass is 338 g/mol. The zero-order valence-corrected chi connectivity index (χ0v) is 12.6. The lowest BCUT2D eigenvalue weighted by Crippen LogP contribution is -2.01. The van der Waals surface area contributed by atoms with Gasteiger partial charge in [0, 0.05) is 22.0 Å². The lowest BCUT2D eigenvalue weighted by molar-refractivity contribution is 0.217. The molecule has 0 spiro atoms. The topological polar surface area (TPSA) is 51.8 Å². The number of aliphatic hydroxyl groups is 1. The molecule has 1 aliphatic heterocycles. The van der Waals surface area contributed by atoms with Crippen molar-refractivity contribution in [2.75, 3.05) is 13.2 Å². The lowest BCUT2D eigenvalue weighted by atomic mass is 10.0. The summed E-state index contributed by atoms with van der Waals surface area (Å²) in [5, 5.41) is 10.5. The third-order valence-electron chi connectivity index (χ3n) is 3.23. The van der Waals surface area contributed by atoms with E-state index < -0.39 is 6.10 Å². The second kappa shape index (κ2) is 5.50. The molecule has 0 radical (unpaired) electrons. The first-order valence-electron chi connectivity index (χ1n) is 6.47. The van der Waals surface area contributed by atoms with Crippen molar-refractivity contribution < 1.29 is 19.0 Å². The van der Waals surface area contributed by atoms with Crippen LogP contribution in [0.2, 0.25) is 0 Å². The molecule has 2 heterocycles. The Balaban J connectivity index is 1.99. The molecule has 0 saturated carbocycles. The number of hydrogen-bond acceptors (Lipinski definition) is 4. The van der Waals surface area contributed by atoms with Gasteiger partial charge in [-0.2, -0.15) is 0 Å². The second-order valence-corrected chi connectivity index (χ2v) is 5.62. The molecular formula is C15H15BrO4. The normalized spacial score (nSPS) is 15.8. The summed E-state index contributed by atoms with van der Waals surface area (Å²) < 4.78 is 17.3. The van der Waals surface area contributed by atoms with Gasteiger partial charge in [-0.05, 0) is 25.1 Å². The fourth-order valence-corrected chi connectivity index (χ4v) is 2.74. The summed E-state index contributed by atoms with van der Waals surface area (Å²) in [6.45, 7) is 3.11. The molecule has 3 rings (SSSR count). The first-order chi connectivity index (χ1) is 9.65. The molecule has 4 nitrogen and oxygen atoms in total. The molecule has 20 heavy (non-hydrogen) atoms. The molecule has 1 unspecified atom stereocenters. The molecule has 0 aliphatic carbocycles. The van der Waals surface area contributed by atoms with Gasteiger partial charge >= 0.3 is 0 Å². The number of aliphatic hydroxyl groups excluding tert-OH is 1. The smallest absolute Gasteiger partial charge is 0.162 e. The van der Waals surface area contributed by atoms with Crippen LogP contribution in [0, 0.1) is 6.92 Å². The van der Waals surface area contributed by atoms with Crippen molar-refractivity contribution in [3.63, 3.8) is 0 Å². The van der Waals surface area contributed by atoms with Crippen LogP contribution in [0.4, 0.5) is 0 Å². The van der Waals surface area contributed by atoms with E-state index in [1.54, 1.807) is 6.26 Å². The number of halogens is 1. The summed E-state index contributed by atoms with van der Waals surface area (Å²) in [5.74, 6) is 2.14. The Kier molecular flexibility index (Phi) is 3.72. The van der Waals surface area contributed by atoms with Crippen molar-refractivity contribution in [2.45, 2.75) is 19.4 Å². The highest BCUT2D eigenvalue weighted by Gasteiger charge is 2.20. The van der Waals surface area contributed by atoms with Gasteiger partial charge in [-0.3, -0.25) is 0 Å². The van der Waals surface area contributed by atoms with E-state index in [2.05, 4.69) is 15.9 Å². The van der Waals surface area contributed by atoms with Crippen LogP contribution in [0.25, 0.3) is 0 Å². The number of benzene rings is 1. The minimum absolute atomic E-state index is 0.620. The quantitative estimate of drug-likeness (QED) is 0.908. The number of furan rings is 1. The number of ether oxygens (including phenoxy) is 2. The predicted octanol–water partition coefficient (Wildman–Crippen LogP) is 3.59. The molecule has 1 aromatic carbocycles. The Morgan fingerprint density at radius 2 is 1.85 bits per heavy atom. The largest absolute Gasteiger partial charge is 0.490 e. The molecule has 2 aromatic rings. The van der Waals surface area contributed by atoms with E-state index in [0.717, 1.165) is 27.8 Å². The van der Waals surface area contributed by atoms with Crippen LogP contribution in [-0.4, -0.2) is 18.3 Å². The fraction of sp³-hybridized carbons (Fsp3) is 0.333. The second-order valence-electron chi connectivity index (χ2n) is 4.76. The molecule has 1 atom stereocenters. The number of rotatable bonds is 2. The minimum Gasteiger partial charge on any atom is -0.490 e. The Bertz CT molecular complexity index is 620. The van der Waals surface area contributed by atoms with Crippen LogP contribution in [0.5, 0.6) is 11.5 Å². The Morgan fingerprint density at radius 3 is 2.50 bits per heavy atom. The maximum absolute atomic E-state index is 10.5. The van der Waals surface area contributed by atoms with Gasteiger partial charge in [-0.1, -0.05) is 15.9 Å². The van der Waals surface area contributed by atoms with Gasteiger partial charge in [0.1, 0.15) is 11.9 Å². The van der Waals surface area contributed by atoms with Gasteiger partial charge in [-0.25, -0.2) is 0 Å². The first-order valence-corrected chi connectivity index (χ1v) is 7.26. The average Bonchev–Trinajstić information content (AvgIpc) is 2.73. The van der Waals surface area contributed by atoms with Crippen molar-refractivity contribution >= 4 is 15.9 Å². The standard InChI is InChI=1S/C15H15BrO4/c1-9-5-10(8-20-9)15(17)11-6-13-14(7-12(11)16)19-4-2-3-18-13/h5-8,15,17H,2-4H2,1H3. The van der Waals surface area contributed by atoms with Crippen LogP contribution in [-0.2, 0) is 0 Å². The minimum atomic E-state index is -0.765. The highest BCUT2D eigenvalue weighted by molar-refractivity contribution is 9.10. The molecule has 0 amide bonds. The van der Waals surface area contributed by atoms with Crippen molar-refractivity contribution in [1.82, 2.24) is 0 Å². The summed E-state index contributed by atoms with van der Waals surface area (Å²) >= 11 is 3.48. The Hall–Kier alpha value is -1.46. The van der Waals surface area contributed by atoms with Gasteiger partial charge in [0.2, 0.25) is 0 Å². The summed E-state index contributed by atoms with van der Waals surface area (Å²) in [5.41, 5.74) is 1.45. The van der Waals surface area contributed by atoms with Crippen molar-refractivity contribution in [2.24, 2.45) is 0 Å². The van der Waals surface area contributed by atoms with Crippen LogP contribution >= 0.6 is 15.9 Å². The highest BCUT2D eigenvalue weighted by Crippen LogP contribution is 2.39. The fourth-order valence-electron chi connectivity index (χ4n) is 2.20. The first kappa shape index (κ1) is 13.5. The van der Waals surface area contributed by atoms with E-state index in [9.17, 15) is 5.11 Å². The maximum Gasteiger partial charge on any atom is 0.162 e. The summed E-state index contributed by atoms with van der Waals surface area (Å²) in [7, 11) is 0. The summed E-state index contributed by atoms with van der Waals surface area (Å²) in [6.07, 6.45) is 1.65. The van der Waals surface area contributed by atoms with Crippen LogP contribution in [0.1, 0.15) is 29.4 Å². The number of aryl methyl sites for hydroxylation is 1. The SMILES string of the molecule is Cc1cc(C(O)c2cc3c(cc2Br)OCCCO3)co1. The van der Waals surface area contributed by atoms with Crippen LogP contribution < -0.4 is 9.47 Å². The van der Waals surface area contributed by atoms with Crippen LogP contribution in [0.15, 0.2) is 33.4 Å². The molecule has 0 fully saturated rings. The molecule has 5 heteroatoms. The van der Waals surface area contributed by atoms with Gasteiger partial charge in [0.25, 0.3) is 0 Å². The van der Waals surface area contributed by atoms with Gasteiger partial charge in [0.15, 0.2) is 11.5 Å². The molecule has 1 aromatic heterocycles. The van der Waals surface area contributed by atoms with E-state index in [0.29, 0.717) is 24.7 Å². The maximum atomic E-state index is 10.5. The third-order valence-corrected chi connectivity index (χ3v) is 3.91. The Morgan fingerprint density at radius 1 is 1.15 bits per heavy atom. The molecule has 106 valence electrons. The average molecular weight is 339 g/mol. The summed E-state index contributed by atoms with van der Waals surface area (Å²) in [6, 6.07) is 5.48. The highest BCUT2D eigenvalue weighted by atomic mass is 79.9. The zero-order valence-electron chi connectivity index (χ0n) is 11.1. The van der Waals surface area contributed by atoms with E-state index in [1.165, 1.54) is 0 Å². The van der Waals surface area contributed by atoms with E-state index in [1.807, 2.05) is 25.1 Å². The Labute approximate surface area is 125 Å². The molecular weight excluding hydrogens is 324 g/mol. The molecule has 0 saturated heterocycles. The van der Waals surface area contributed by atoms with Gasteiger partial charge in [0.05, 0.1) is 19.5 Å². The van der Waals surface area contributed by atoms with E-state index in [-0.39, 0.29) is 0 Å². The van der Waals surface area contributed by atoms with Gasteiger partial charge in [-0.15, -0.1) is 0 Å². The molecule has 1 N–H and O–H groups in total. The van der Waals surface area contributed by atoms with Gasteiger partial charge < -0.3 is 19.0 Å². The zero-order chi connectivity index (χ0) is 14.1. The number of hydrogen-bond donors (Lipinski definition) is 1. The van der Waals surface area contributed by atoms with E-state index >= 15 is 0 Å². The third kappa shape index (κ3) is 2.55. The summed E-state index contributed by atoms with van der Waals surface area (Å²) in [4.78, 5) is 0.